The van der Waals surface area contributed by atoms with Gasteiger partial charge in [0.15, 0.2) is 0 Å². The van der Waals surface area contributed by atoms with Crippen molar-refractivity contribution in [2.75, 3.05) is 5.32 Å². The normalized spacial score (nSPS) is 16.4. The number of aromatic nitrogens is 2. The fourth-order valence-corrected chi connectivity index (χ4v) is 3.91. The average Bonchev–Trinajstić information content (AvgIpc) is 2.97. The molecule has 6 heteroatoms. The Labute approximate surface area is 166 Å². The first-order chi connectivity index (χ1) is 13.0. The monoisotopic (exact) mass is 425 g/mol. The van der Waals surface area contributed by atoms with Crippen LogP contribution in [0.2, 0.25) is 0 Å². The van der Waals surface area contributed by atoms with E-state index in [1.165, 1.54) is 0 Å². The molecule has 2 heterocycles. The van der Waals surface area contributed by atoms with Gasteiger partial charge in [-0.3, -0.25) is 4.57 Å². The van der Waals surface area contributed by atoms with Gasteiger partial charge in [0.05, 0.1) is 28.8 Å². The molecule has 0 radical (unpaired) electrons. The van der Waals surface area contributed by atoms with Crippen molar-refractivity contribution < 1.29 is 9.53 Å². The molecule has 1 atom stereocenters. The summed E-state index contributed by atoms with van der Waals surface area (Å²) in [7, 11) is 0. The number of ether oxygens (including phenoxy) is 1. The summed E-state index contributed by atoms with van der Waals surface area (Å²) in [4.78, 5) is 17.7. The maximum absolute atomic E-state index is 13.0. The molecule has 5 nitrogen and oxygen atoms in total. The Kier molecular flexibility index (Phi) is 4.52. The molecule has 0 saturated carbocycles. The first kappa shape index (κ1) is 17.8. The summed E-state index contributed by atoms with van der Waals surface area (Å²) in [5.41, 5.74) is 4.19. The van der Waals surface area contributed by atoms with E-state index in [1.807, 2.05) is 69.3 Å². The van der Waals surface area contributed by atoms with E-state index in [0.29, 0.717) is 5.57 Å². The van der Waals surface area contributed by atoms with Crippen molar-refractivity contribution in [3.05, 3.63) is 69.8 Å². The van der Waals surface area contributed by atoms with E-state index in [4.69, 9.17) is 9.72 Å². The second kappa shape index (κ2) is 6.85. The van der Waals surface area contributed by atoms with Crippen LogP contribution in [0.5, 0.6) is 0 Å². The molecule has 1 N–H and O–H groups in total. The highest BCUT2D eigenvalue weighted by Crippen LogP contribution is 2.40. The molecule has 0 bridgehead atoms. The van der Waals surface area contributed by atoms with Crippen LogP contribution in [0, 0.1) is 0 Å². The zero-order chi connectivity index (χ0) is 19.1. The van der Waals surface area contributed by atoms with Gasteiger partial charge in [-0.1, -0.05) is 40.2 Å². The predicted octanol–water partition coefficient (Wildman–Crippen LogP) is 5.04. The van der Waals surface area contributed by atoms with Crippen LogP contribution in [0.1, 0.15) is 32.4 Å². The molecule has 3 aromatic rings. The Morgan fingerprint density at radius 2 is 2.00 bits per heavy atom. The number of para-hydroxylation sites is 2. The number of hydrogen-bond acceptors (Lipinski definition) is 4. The number of esters is 1. The van der Waals surface area contributed by atoms with Gasteiger partial charge in [-0.2, -0.15) is 0 Å². The van der Waals surface area contributed by atoms with Crippen molar-refractivity contribution >= 4 is 38.9 Å². The number of nitrogens with one attached hydrogen (secondary N) is 1. The van der Waals surface area contributed by atoms with Crippen LogP contribution in [-0.4, -0.2) is 21.6 Å². The highest BCUT2D eigenvalue weighted by atomic mass is 79.9. The molecule has 0 aliphatic carbocycles. The quantitative estimate of drug-likeness (QED) is 0.597. The number of rotatable bonds is 3. The molecule has 1 aliphatic rings. The minimum atomic E-state index is -0.322. The van der Waals surface area contributed by atoms with Gasteiger partial charge < -0.3 is 10.1 Å². The summed E-state index contributed by atoms with van der Waals surface area (Å²) in [5, 5.41) is 3.29. The zero-order valence-corrected chi connectivity index (χ0v) is 16.9. The lowest BCUT2D eigenvalue weighted by atomic mass is 9.95. The average molecular weight is 426 g/mol. The molecule has 1 unspecified atom stereocenters. The number of fused-ring (bicyclic) bond motifs is 3. The lowest BCUT2D eigenvalue weighted by Crippen LogP contribution is -2.30. The molecule has 0 amide bonds. The van der Waals surface area contributed by atoms with Gasteiger partial charge in [-0.05, 0) is 50.6 Å². The summed E-state index contributed by atoms with van der Waals surface area (Å²) in [6.07, 6.45) is -0.193. The maximum Gasteiger partial charge on any atom is 0.338 e. The maximum atomic E-state index is 13.0. The van der Waals surface area contributed by atoms with Crippen molar-refractivity contribution in [3.8, 4) is 0 Å². The number of carbonyl (C=O) groups excluding carboxylic acids is 1. The molecule has 0 fully saturated rings. The number of allylic oxidation sites excluding steroid dienone is 1. The highest BCUT2D eigenvalue weighted by Gasteiger charge is 2.35. The first-order valence-corrected chi connectivity index (χ1v) is 9.66. The second-order valence-electron chi connectivity index (χ2n) is 6.87. The van der Waals surface area contributed by atoms with Crippen LogP contribution in [0.15, 0.2) is 64.3 Å². The van der Waals surface area contributed by atoms with Crippen LogP contribution >= 0.6 is 15.9 Å². The number of anilines is 1. The Morgan fingerprint density at radius 3 is 2.74 bits per heavy atom. The van der Waals surface area contributed by atoms with E-state index in [1.54, 1.807) is 0 Å². The van der Waals surface area contributed by atoms with Gasteiger partial charge in [0, 0.05) is 10.2 Å². The van der Waals surface area contributed by atoms with Crippen LogP contribution in [0.25, 0.3) is 11.0 Å². The SMILES string of the molecule is CC1=C(C(=O)OC(C)C)C(c2cccc(Br)c2)n2c(nc3ccccc32)N1. The third kappa shape index (κ3) is 3.14. The Balaban J connectivity index is 1.97. The summed E-state index contributed by atoms with van der Waals surface area (Å²) in [6.45, 7) is 5.61. The molecular formula is C21H20BrN3O2. The number of benzene rings is 2. The molecule has 2 aromatic carbocycles. The van der Waals surface area contributed by atoms with Crippen LogP contribution in [0.4, 0.5) is 5.95 Å². The number of halogens is 1. The molecule has 0 spiro atoms. The molecule has 4 rings (SSSR count). The van der Waals surface area contributed by atoms with Crippen molar-refractivity contribution in [2.45, 2.75) is 32.9 Å². The van der Waals surface area contributed by atoms with E-state index >= 15 is 0 Å². The fraction of sp³-hybridized carbons (Fsp3) is 0.238. The van der Waals surface area contributed by atoms with Gasteiger partial charge in [0.2, 0.25) is 5.95 Å². The zero-order valence-electron chi connectivity index (χ0n) is 15.4. The van der Waals surface area contributed by atoms with Crippen LogP contribution in [0.3, 0.4) is 0 Å². The molecule has 1 aliphatic heterocycles. The summed E-state index contributed by atoms with van der Waals surface area (Å²) in [6, 6.07) is 15.6. The fourth-order valence-electron chi connectivity index (χ4n) is 3.50. The Bertz CT molecular complexity index is 1070. The van der Waals surface area contributed by atoms with Gasteiger partial charge in [0.1, 0.15) is 0 Å². The number of imidazole rings is 1. The van der Waals surface area contributed by atoms with Crippen LogP contribution < -0.4 is 5.32 Å². The van der Waals surface area contributed by atoms with E-state index in [0.717, 1.165) is 32.7 Å². The topological polar surface area (TPSA) is 56.2 Å². The van der Waals surface area contributed by atoms with Crippen molar-refractivity contribution in [3.63, 3.8) is 0 Å². The molecule has 0 saturated heterocycles. The van der Waals surface area contributed by atoms with E-state index < -0.39 is 0 Å². The van der Waals surface area contributed by atoms with Gasteiger partial charge in [-0.15, -0.1) is 0 Å². The largest absolute Gasteiger partial charge is 0.459 e. The molecular weight excluding hydrogens is 406 g/mol. The number of nitrogens with zero attached hydrogens (tertiary/aromatic N) is 2. The minimum Gasteiger partial charge on any atom is -0.459 e. The molecule has 138 valence electrons. The van der Waals surface area contributed by atoms with Gasteiger partial charge in [-0.25, -0.2) is 9.78 Å². The summed E-state index contributed by atoms with van der Waals surface area (Å²) in [5.74, 6) is 0.406. The lowest BCUT2D eigenvalue weighted by Gasteiger charge is -2.30. The molecule has 1 aromatic heterocycles. The van der Waals surface area contributed by atoms with Gasteiger partial charge >= 0.3 is 5.97 Å². The Hall–Kier alpha value is -2.60. The van der Waals surface area contributed by atoms with Gasteiger partial charge in [0.25, 0.3) is 0 Å². The highest BCUT2D eigenvalue weighted by molar-refractivity contribution is 9.10. The number of hydrogen-bond donors (Lipinski definition) is 1. The predicted molar refractivity (Wildman–Crippen MR) is 110 cm³/mol. The smallest absolute Gasteiger partial charge is 0.338 e. The second-order valence-corrected chi connectivity index (χ2v) is 7.79. The van der Waals surface area contributed by atoms with Crippen molar-refractivity contribution in [2.24, 2.45) is 0 Å². The summed E-state index contributed by atoms with van der Waals surface area (Å²) < 4.78 is 8.59. The standard InChI is InChI=1S/C21H20BrN3O2/c1-12(2)27-20(26)18-13(3)23-21-24-16-9-4-5-10-17(16)25(21)19(18)14-7-6-8-15(22)11-14/h4-12,19H,1-3H3,(H,23,24). The van der Waals surface area contributed by atoms with Crippen molar-refractivity contribution in [1.82, 2.24) is 9.55 Å². The Morgan fingerprint density at radius 1 is 1.22 bits per heavy atom. The first-order valence-electron chi connectivity index (χ1n) is 8.87. The molecule has 27 heavy (non-hydrogen) atoms. The summed E-state index contributed by atoms with van der Waals surface area (Å²) >= 11 is 3.55. The third-order valence-electron chi connectivity index (χ3n) is 4.56. The lowest BCUT2D eigenvalue weighted by molar-refractivity contribution is -0.143. The number of carbonyl (C=O) groups is 1. The third-order valence-corrected chi connectivity index (χ3v) is 5.05. The van der Waals surface area contributed by atoms with E-state index in [2.05, 4.69) is 25.8 Å². The minimum absolute atomic E-state index is 0.193. The van der Waals surface area contributed by atoms with Crippen molar-refractivity contribution in [1.29, 1.82) is 0 Å². The van der Waals surface area contributed by atoms with E-state index in [-0.39, 0.29) is 18.1 Å². The van der Waals surface area contributed by atoms with E-state index in [9.17, 15) is 4.79 Å². The van der Waals surface area contributed by atoms with Crippen LogP contribution in [-0.2, 0) is 9.53 Å².